The van der Waals surface area contributed by atoms with E-state index in [4.69, 9.17) is 4.42 Å². The van der Waals surface area contributed by atoms with E-state index in [1.165, 1.54) is 0 Å². The number of nitrogens with zero attached hydrogens (tertiary/aromatic N) is 2. The zero-order valence-corrected chi connectivity index (χ0v) is 10.2. The number of hydrogen-bond donors (Lipinski definition) is 1. The van der Waals surface area contributed by atoms with Gasteiger partial charge in [-0.15, -0.1) is 10.2 Å². The molecule has 1 aromatic heterocycles. The molecule has 4 heteroatoms. The summed E-state index contributed by atoms with van der Waals surface area (Å²) in [6.45, 7) is 4.85. The average molecular weight is 231 g/mol. The molecular weight excluding hydrogens is 214 g/mol. The van der Waals surface area contributed by atoms with Crippen LogP contribution in [0.15, 0.2) is 34.7 Å². The van der Waals surface area contributed by atoms with Gasteiger partial charge in [0.2, 0.25) is 11.8 Å². The smallest absolute Gasteiger partial charge is 0.237 e. The molecule has 0 spiro atoms. The highest BCUT2D eigenvalue weighted by Gasteiger charge is 2.18. The van der Waals surface area contributed by atoms with E-state index < -0.39 is 0 Å². The maximum atomic E-state index is 5.51. The van der Waals surface area contributed by atoms with E-state index in [1.807, 2.05) is 18.2 Å². The van der Waals surface area contributed by atoms with Gasteiger partial charge in [-0.3, -0.25) is 0 Å². The molecular formula is C13H17N3O. The molecule has 0 aliphatic rings. The van der Waals surface area contributed by atoms with Gasteiger partial charge in [-0.25, -0.2) is 0 Å². The Bertz CT molecular complexity index is 453. The van der Waals surface area contributed by atoms with Crippen molar-refractivity contribution in [3.8, 4) is 0 Å². The molecule has 0 fully saturated rings. The van der Waals surface area contributed by atoms with E-state index in [2.05, 4.69) is 34.6 Å². The van der Waals surface area contributed by atoms with Crippen molar-refractivity contribution in [1.82, 2.24) is 15.5 Å². The largest absolute Gasteiger partial charge is 0.423 e. The van der Waals surface area contributed by atoms with Gasteiger partial charge in [0.25, 0.3) is 0 Å². The molecule has 1 aromatic carbocycles. The summed E-state index contributed by atoms with van der Waals surface area (Å²) in [5.74, 6) is 1.22. The summed E-state index contributed by atoms with van der Waals surface area (Å²) in [5, 5.41) is 11.4. The van der Waals surface area contributed by atoms with Crippen LogP contribution in [0.3, 0.4) is 0 Å². The number of aromatic nitrogens is 2. The van der Waals surface area contributed by atoms with Gasteiger partial charge in [-0.05, 0) is 18.5 Å². The van der Waals surface area contributed by atoms with Gasteiger partial charge < -0.3 is 9.73 Å². The lowest BCUT2D eigenvalue weighted by molar-refractivity contribution is 0.416. The van der Waals surface area contributed by atoms with Crippen molar-refractivity contribution in [2.24, 2.45) is 0 Å². The third-order valence-electron chi connectivity index (χ3n) is 2.52. The standard InChI is InChI=1S/C13H17N3O/c1-3-9-14-12(11-7-5-4-6-8-11)13-16-15-10(2)17-13/h4-8,12,14H,3,9H2,1-2H3. The molecule has 0 amide bonds. The van der Waals surface area contributed by atoms with Crippen LogP contribution in [-0.2, 0) is 0 Å². The molecule has 1 heterocycles. The Kier molecular flexibility index (Phi) is 3.88. The monoisotopic (exact) mass is 231 g/mol. The Labute approximate surface area is 101 Å². The van der Waals surface area contributed by atoms with Crippen molar-refractivity contribution < 1.29 is 4.42 Å². The second-order valence-corrected chi connectivity index (χ2v) is 3.96. The Balaban J connectivity index is 2.25. The van der Waals surface area contributed by atoms with E-state index in [0.717, 1.165) is 18.5 Å². The minimum Gasteiger partial charge on any atom is -0.423 e. The minimum atomic E-state index is -0.0163. The van der Waals surface area contributed by atoms with Crippen molar-refractivity contribution in [1.29, 1.82) is 0 Å². The highest BCUT2D eigenvalue weighted by molar-refractivity contribution is 5.23. The second-order valence-electron chi connectivity index (χ2n) is 3.96. The van der Waals surface area contributed by atoms with E-state index in [1.54, 1.807) is 6.92 Å². The third kappa shape index (κ3) is 2.91. The third-order valence-corrected chi connectivity index (χ3v) is 2.52. The van der Waals surface area contributed by atoms with Gasteiger partial charge in [0.05, 0.1) is 0 Å². The predicted molar refractivity (Wildman–Crippen MR) is 65.6 cm³/mol. The van der Waals surface area contributed by atoms with Crippen LogP contribution in [-0.4, -0.2) is 16.7 Å². The zero-order chi connectivity index (χ0) is 12.1. The van der Waals surface area contributed by atoms with Crippen LogP contribution in [0.1, 0.15) is 36.7 Å². The maximum absolute atomic E-state index is 5.51. The summed E-state index contributed by atoms with van der Waals surface area (Å²) in [5.41, 5.74) is 1.14. The number of rotatable bonds is 5. The lowest BCUT2D eigenvalue weighted by Gasteiger charge is -2.14. The van der Waals surface area contributed by atoms with Crippen LogP contribution >= 0.6 is 0 Å². The summed E-state index contributed by atoms with van der Waals surface area (Å²) < 4.78 is 5.51. The molecule has 17 heavy (non-hydrogen) atoms. The molecule has 2 rings (SSSR count). The average Bonchev–Trinajstić information content (AvgIpc) is 2.78. The number of nitrogens with one attached hydrogen (secondary N) is 1. The van der Waals surface area contributed by atoms with Crippen molar-refractivity contribution in [2.45, 2.75) is 26.3 Å². The van der Waals surface area contributed by atoms with Crippen molar-refractivity contribution in [3.05, 3.63) is 47.7 Å². The fraction of sp³-hybridized carbons (Fsp3) is 0.385. The summed E-state index contributed by atoms with van der Waals surface area (Å²) >= 11 is 0. The SMILES string of the molecule is CCCNC(c1ccccc1)c1nnc(C)o1. The van der Waals surface area contributed by atoms with Gasteiger partial charge >= 0.3 is 0 Å². The lowest BCUT2D eigenvalue weighted by Crippen LogP contribution is -2.23. The van der Waals surface area contributed by atoms with Crippen LogP contribution in [0.2, 0.25) is 0 Å². The van der Waals surface area contributed by atoms with E-state index >= 15 is 0 Å². The number of hydrogen-bond acceptors (Lipinski definition) is 4. The first-order valence-corrected chi connectivity index (χ1v) is 5.89. The van der Waals surface area contributed by atoms with E-state index in [0.29, 0.717) is 11.8 Å². The lowest BCUT2D eigenvalue weighted by atomic mass is 10.1. The molecule has 0 bridgehead atoms. The normalized spacial score (nSPS) is 12.6. The van der Waals surface area contributed by atoms with E-state index in [-0.39, 0.29) is 6.04 Å². The Morgan fingerprint density at radius 2 is 2.00 bits per heavy atom. The molecule has 1 N–H and O–H groups in total. The van der Waals surface area contributed by atoms with Crippen LogP contribution < -0.4 is 5.32 Å². The van der Waals surface area contributed by atoms with Crippen molar-refractivity contribution >= 4 is 0 Å². The molecule has 0 saturated heterocycles. The molecule has 0 aliphatic heterocycles. The van der Waals surface area contributed by atoms with Gasteiger partial charge in [-0.1, -0.05) is 37.3 Å². The topological polar surface area (TPSA) is 51.0 Å². The molecule has 0 radical (unpaired) electrons. The molecule has 4 nitrogen and oxygen atoms in total. The maximum Gasteiger partial charge on any atom is 0.237 e. The summed E-state index contributed by atoms with van der Waals surface area (Å²) in [4.78, 5) is 0. The van der Waals surface area contributed by atoms with Crippen molar-refractivity contribution in [2.75, 3.05) is 6.54 Å². The van der Waals surface area contributed by atoms with Gasteiger partial charge in [0, 0.05) is 6.92 Å². The molecule has 90 valence electrons. The molecule has 2 aromatic rings. The Morgan fingerprint density at radius 3 is 2.59 bits per heavy atom. The number of benzene rings is 1. The van der Waals surface area contributed by atoms with Crippen LogP contribution in [0, 0.1) is 6.92 Å². The quantitative estimate of drug-likeness (QED) is 0.858. The zero-order valence-electron chi connectivity index (χ0n) is 10.2. The van der Waals surface area contributed by atoms with Gasteiger partial charge in [-0.2, -0.15) is 0 Å². The second kappa shape index (κ2) is 5.59. The van der Waals surface area contributed by atoms with Crippen LogP contribution in [0.25, 0.3) is 0 Å². The molecule has 0 aliphatic carbocycles. The van der Waals surface area contributed by atoms with Crippen molar-refractivity contribution in [3.63, 3.8) is 0 Å². The summed E-state index contributed by atoms with van der Waals surface area (Å²) in [7, 11) is 0. The van der Waals surface area contributed by atoms with Crippen LogP contribution in [0.4, 0.5) is 0 Å². The Morgan fingerprint density at radius 1 is 1.24 bits per heavy atom. The highest BCUT2D eigenvalue weighted by atomic mass is 16.4. The van der Waals surface area contributed by atoms with Crippen LogP contribution in [0.5, 0.6) is 0 Å². The van der Waals surface area contributed by atoms with Gasteiger partial charge in [0.1, 0.15) is 6.04 Å². The molecule has 0 saturated carbocycles. The summed E-state index contributed by atoms with van der Waals surface area (Å²) in [6, 6.07) is 10.1. The highest BCUT2D eigenvalue weighted by Crippen LogP contribution is 2.20. The molecule has 1 atom stereocenters. The minimum absolute atomic E-state index is 0.0163. The molecule has 1 unspecified atom stereocenters. The van der Waals surface area contributed by atoms with Gasteiger partial charge in [0.15, 0.2) is 0 Å². The number of aryl methyl sites for hydroxylation is 1. The summed E-state index contributed by atoms with van der Waals surface area (Å²) in [6.07, 6.45) is 1.07. The first-order chi connectivity index (χ1) is 8.31. The van der Waals surface area contributed by atoms with E-state index in [9.17, 15) is 0 Å². The fourth-order valence-electron chi connectivity index (χ4n) is 1.71. The first-order valence-electron chi connectivity index (χ1n) is 5.89. The fourth-order valence-corrected chi connectivity index (χ4v) is 1.71. The Hall–Kier alpha value is -1.68. The predicted octanol–water partition coefficient (Wildman–Crippen LogP) is 2.47. The first kappa shape index (κ1) is 11.8.